The topological polar surface area (TPSA) is 21.7 Å². The van der Waals surface area contributed by atoms with Crippen LogP contribution in [0.5, 0.6) is 0 Å². The van der Waals surface area contributed by atoms with Gasteiger partial charge in [-0.05, 0) is 68.1 Å². The molecule has 0 unspecified atom stereocenters. The van der Waals surface area contributed by atoms with Gasteiger partial charge in [-0.2, -0.15) is 0 Å². The molecule has 0 saturated carbocycles. The highest BCUT2D eigenvalue weighted by atomic mass is 28.4. The normalized spacial score (nSPS) is 13.1. The first-order valence-electron chi connectivity index (χ1n) is 12.0. The van der Waals surface area contributed by atoms with Crippen LogP contribution in [0.3, 0.4) is 0 Å². The molecule has 0 aromatic heterocycles. The fourth-order valence-electron chi connectivity index (χ4n) is 4.75. The summed E-state index contributed by atoms with van der Waals surface area (Å²) in [6.07, 6.45) is 3.47. The van der Waals surface area contributed by atoms with E-state index in [2.05, 4.69) is 59.6 Å². The van der Waals surface area contributed by atoms with E-state index in [4.69, 9.17) is 8.85 Å². The summed E-state index contributed by atoms with van der Waals surface area (Å²) in [4.78, 5) is 0. The minimum Gasteiger partial charge on any atom is -0.397 e. The molecule has 0 aliphatic carbocycles. The van der Waals surface area contributed by atoms with Crippen LogP contribution in [0.2, 0.25) is 42.3 Å². The maximum Gasteiger partial charge on any atom is 0.321 e. The van der Waals surface area contributed by atoms with Gasteiger partial charge in [0.2, 0.25) is 0 Å². The molecule has 0 atom stereocenters. The quantitative estimate of drug-likeness (QED) is 0.223. The first-order chi connectivity index (χ1) is 13.0. The van der Waals surface area contributed by atoms with Crippen molar-refractivity contribution >= 4 is 25.8 Å². The molecule has 0 bridgehead atoms. The molecule has 0 radical (unpaired) electrons. The Morgan fingerprint density at radius 3 is 1.30 bits per heavy atom. The van der Waals surface area contributed by atoms with Crippen molar-refractivity contribution in [1.82, 2.24) is 4.23 Å². The van der Waals surface area contributed by atoms with Gasteiger partial charge in [0.25, 0.3) is 0 Å². The highest BCUT2D eigenvalue weighted by Gasteiger charge is 2.45. The predicted octanol–water partition coefficient (Wildman–Crippen LogP) is 6.76. The molecule has 0 aliphatic heterocycles. The third-order valence-corrected chi connectivity index (χ3v) is 22.5. The standard InChI is InChI=1S/C21H51NO2Si3/c1-9-19-23-25(24-20-10-2)21-17-18-22(26(11-3,12-4)13-5)27(14-6,15-7)16-8/h25H,9-21H2,1-8H3. The zero-order chi connectivity index (χ0) is 20.8. The minimum absolute atomic E-state index is 0.874. The predicted molar refractivity (Wildman–Crippen MR) is 130 cm³/mol. The van der Waals surface area contributed by atoms with E-state index in [1.807, 2.05) is 0 Å². The zero-order valence-corrected chi connectivity index (χ0v) is 23.2. The van der Waals surface area contributed by atoms with E-state index in [0.29, 0.717) is 0 Å². The summed E-state index contributed by atoms with van der Waals surface area (Å²) in [5.74, 6) is 0. The molecule has 0 amide bonds. The lowest BCUT2D eigenvalue weighted by Gasteiger charge is -2.52. The largest absolute Gasteiger partial charge is 0.397 e. The fourth-order valence-corrected chi connectivity index (χ4v) is 20.1. The Bertz CT molecular complexity index is 306. The Balaban J connectivity index is 5.29. The van der Waals surface area contributed by atoms with E-state index in [9.17, 15) is 0 Å². The van der Waals surface area contributed by atoms with Crippen molar-refractivity contribution in [1.29, 1.82) is 0 Å². The summed E-state index contributed by atoms with van der Waals surface area (Å²) in [7, 11) is -4.16. The summed E-state index contributed by atoms with van der Waals surface area (Å²) >= 11 is 0. The SMILES string of the molecule is CCCO[SiH](CCCN([Si](CC)(CC)CC)[Si](CC)(CC)CC)OCCC. The van der Waals surface area contributed by atoms with E-state index < -0.39 is 25.8 Å². The Hall–Kier alpha value is 0.531. The number of hydrogen-bond acceptors (Lipinski definition) is 3. The third-order valence-electron chi connectivity index (χ3n) is 6.93. The molecule has 0 N–H and O–H groups in total. The highest BCUT2D eigenvalue weighted by molar-refractivity contribution is 6.92. The molecule has 6 heteroatoms. The van der Waals surface area contributed by atoms with Crippen molar-refractivity contribution in [2.45, 2.75) is 117 Å². The maximum absolute atomic E-state index is 6.13. The lowest BCUT2D eigenvalue weighted by Crippen LogP contribution is -2.66. The molecule has 27 heavy (non-hydrogen) atoms. The van der Waals surface area contributed by atoms with Crippen LogP contribution in [0.1, 0.15) is 74.7 Å². The molecule has 0 aromatic rings. The zero-order valence-electron chi connectivity index (χ0n) is 20.0. The van der Waals surface area contributed by atoms with E-state index in [1.54, 1.807) is 0 Å². The number of rotatable bonds is 18. The third kappa shape index (κ3) is 8.05. The monoisotopic (exact) mass is 433 g/mol. The summed E-state index contributed by atoms with van der Waals surface area (Å²) in [5.41, 5.74) is 0. The molecule has 0 saturated heterocycles. The van der Waals surface area contributed by atoms with Crippen molar-refractivity contribution < 1.29 is 8.85 Å². The number of hydrogen-bond donors (Lipinski definition) is 0. The van der Waals surface area contributed by atoms with E-state index >= 15 is 0 Å². The summed E-state index contributed by atoms with van der Waals surface area (Å²) in [6.45, 7) is 22.3. The van der Waals surface area contributed by atoms with Gasteiger partial charge in [0.1, 0.15) is 16.5 Å². The summed E-state index contributed by atoms with van der Waals surface area (Å²) < 4.78 is 15.4. The molecule has 0 heterocycles. The second kappa shape index (κ2) is 15.4. The van der Waals surface area contributed by atoms with Gasteiger partial charge < -0.3 is 13.1 Å². The smallest absolute Gasteiger partial charge is 0.321 e. The molecule has 164 valence electrons. The van der Waals surface area contributed by atoms with Gasteiger partial charge in [0.05, 0.1) is 0 Å². The van der Waals surface area contributed by atoms with Crippen molar-refractivity contribution in [2.75, 3.05) is 19.8 Å². The van der Waals surface area contributed by atoms with Gasteiger partial charge in [0.15, 0.2) is 0 Å². The van der Waals surface area contributed by atoms with Crippen LogP contribution in [0.15, 0.2) is 0 Å². The lowest BCUT2D eigenvalue weighted by atomic mass is 10.5. The average Bonchev–Trinajstić information content (AvgIpc) is 2.72. The van der Waals surface area contributed by atoms with Crippen LogP contribution in [0.4, 0.5) is 0 Å². The Morgan fingerprint density at radius 2 is 1.00 bits per heavy atom. The van der Waals surface area contributed by atoms with Gasteiger partial charge in [-0.25, -0.2) is 0 Å². The van der Waals surface area contributed by atoms with E-state index in [1.165, 1.54) is 55.3 Å². The molecule has 0 spiro atoms. The van der Waals surface area contributed by atoms with Crippen LogP contribution < -0.4 is 0 Å². The van der Waals surface area contributed by atoms with Gasteiger partial charge in [-0.15, -0.1) is 0 Å². The molecule has 0 fully saturated rings. The number of nitrogens with zero attached hydrogens (tertiary/aromatic N) is 1. The molecule has 0 aliphatic rings. The van der Waals surface area contributed by atoms with Gasteiger partial charge in [-0.3, -0.25) is 0 Å². The van der Waals surface area contributed by atoms with Crippen molar-refractivity contribution in [3.05, 3.63) is 0 Å². The molecule has 0 aromatic carbocycles. The molecular formula is C21H51NO2Si3. The van der Waals surface area contributed by atoms with Crippen molar-refractivity contribution in [3.8, 4) is 0 Å². The maximum atomic E-state index is 6.13. The Morgan fingerprint density at radius 1 is 0.630 bits per heavy atom. The van der Waals surface area contributed by atoms with Crippen LogP contribution >= 0.6 is 0 Å². The second-order valence-corrected chi connectivity index (χ2v) is 20.8. The Labute approximate surface area is 175 Å². The second-order valence-electron chi connectivity index (χ2n) is 8.04. The Kier molecular flexibility index (Phi) is 15.7. The van der Waals surface area contributed by atoms with Crippen molar-refractivity contribution in [3.63, 3.8) is 0 Å². The van der Waals surface area contributed by atoms with E-state index in [-0.39, 0.29) is 0 Å². The molecule has 3 nitrogen and oxygen atoms in total. The first-order valence-corrected chi connectivity index (χ1v) is 18.9. The average molecular weight is 434 g/mol. The van der Waals surface area contributed by atoms with Crippen LogP contribution in [-0.2, 0) is 8.85 Å². The van der Waals surface area contributed by atoms with Crippen molar-refractivity contribution in [2.24, 2.45) is 0 Å². The van der Waals surface area contributed by atoms with Gasteiger partial charge in [-0.1, -0.05) is 55.4 Å². The summed E-state index contributed by atoms with van der Waals surface area (Å²) in [5, 5.41) is 0. The van der Waals surface area contributed by atoms with Gasteiger partial charge >= 0.3 is 9.28 Å². The minimum atomic E-state index is -1.49. The highest BCUT2D eigenvalue weighted by Crippen LogP contribution is 2.36. The van der Waals surface area contributed by atoms with E-state index in [0.717, 1.165) is 26.1 Å². The lowest BCUT2D eigenvalue weighted by molar-refractivity contribution is 0.195. The molecule has 0 rings (SSSR count). The fraction of sp³-hybridized carbons (Fsp3) is 1.00. The molecular weight excluding hydrogens is 382 g/mol. The first kappa shape index (κ1) is 27.5. The van der Waals surface area contributed by atoms with Crippen LogP contribution in [0.25, 0.3) is 0 Å². The van der Waals surface area contributed by atoms with Gasteiger partial charge in [0, 0.05) is 13.2 Å². The summed E-state index contributed by atoms with van der Waals surface area (Å²) in [6, 6.07) is 9.65. The van der Waals surface area contributed by atoms with Crippen LogP contribution in [-0.4, -0.2) is 49.7 Å². The van der Waals surface area contributed by atoms with Crippen LogP contribution in [0, 0.1) is 0 Å².